The number of likely N-dealkylation sites (N-methyl/N-ethyl adjacent to an activating group) is 1. The summed E-state index contributed by atoms with van der Waals surface area (Å²) in [6.07, 6.45) is 0.0728. The van der Waals surface area contributed by atoms with Crippen molar-refractivity contribution in [3.8, 4) is 0 Å². The van der Waals surface area contributed by atoms with E-state index in [0.29, 0.717) is 31.2 Å². The Balaban J connectivity index is 2.28. The number of rotatable bonds is 6. The Kier molecular flexibility index (Phi) is 7.80. The molecule has 0 unspecified atom stereocenters. The van der Waals surface area contributed by atoms with Gasteiger partial charge in [0.15, 0.2) is 0 Å². The van der Waals surface area contributed by atoms with Crippen LogP contribution < -0.4 is 5.32 Å². The quantitative estimate of drug-likeness (QED) is 0.676. The number of halogens is 4. The second-order valence-electron chi connectivity index (χ2n) is 5.97. The number of nitrogens with one attached hydrogen (secondary N) is 1. The Morgan fingerprint density at radius 2 is 1.70 bits per heavy atom. The Bertz CT molecular complexity index is 858. The van der Waals surface area contributed by atoms with E-state index >= 15 is 0 Å². The minimum Gasteiger partial charge on any atom is -0.357 e. The molecule has 2 amide bonds. The van der Waals surface area contributed by atoms with Crippen molar-refractivity contribution in [1.82, 2.24) is 10.2 Å². The van der Waals surface area contributed by atoms with Crippen molar-refractivity contribution >= 4 is 58.2 Å². The fourth-order valence-corrected chi connectivity index (χ4v) is 3.34. The first-order chi connectivity index (χ1) is 12.7. The van der Waals surface area contributed by atoms with Crippen molar-refractivity contribution in [2.75, 3.05) is 7.05 Å². The number of hydrogen-bond acceptors (Lipinski definition) is 2. The summed E-state index contributed by atoms with van der Waals surface area (Å²) in [6, 6.07) is 9.34. The maximum atomic E-state index is 13.0. The van der Waals surface area contributed by atoms with Crippen molar-refractivity contribution in [3.63, 3.8) is 0 Å². The summed E-state index contributed by atoms with van der Waals surface area (Å²) in [6.45, 7) is 1.83. The average molecular weight is 448 g/mol. The van der Waals surface area contributed by atoms with Crippen LogP contribution in [0.3, 0.4) is 0 Å². The van der Waals surface area contributed by atoms with Crippen LogP contribution in [0.25, 0.3) is 0 Å². The zero-order chi connectivity index (χ0) is 20.1. The first-order valence-corrected chi connectivity index (χ1v) is 9.63. The van der Waals surface area contributed by atoms with Crippen LogP contribution in [0.1, 0.15) is 18.1 Å². The smallest absolute Gasteiger partial charge is 0.242 e. The van der Waals surface area contributed by atoms with E-state index in [0.717, 1.165) is 0 Å². The lowest BCUT2D eigenvalue weighted by Gasteiger charge is -2.29. The summed E-state index contributed by atoms with van der Waals surface area (Å²) in [7, 11) is 1.52. The van der Waals surface area contributed by atoms with Crippen molar-refractivity contribution in [1.29, 1.82) is 0 Å². The van der Waals surface area contributed by atoms with Crippen LogP contribution in [0.4, 0.5) is 0 Å². The topological polar surface area (TPSA) is 49.4 Å². The third-order valence-electron chi connectivity index (χ3n) is 4.11. The van der Waals surface area contributed by atoms with Crippen LogP contribution in [0.2, 0.25) is 20.1 Å². The van der Waals surface area contributed by atoms with Gasteiger partial charge in [0.25, 0.3) is 0 Å². The van der Waals surface area contributed by atoms with Crippen molar-refractivity contribution in [2.45, 2.75) is 25.9 Å². The number of benzene rings is 2. The fraction of sp³-hybridized carbons (Fsp3) is 0.263. The van der Waals surface area contributed by atoms with Crippen LogP contribution in [-0.4, -0.2) is 29.8 Å². The van der Waals surface area contributed by atoms with Crippen LogP contribution in [0, 0.1) is 0 Å². The van der Waals surface area contributed by atoms with Gasteiger partial charge in [-0.25, -0.2) is 0 Å². The van der Waals surface area contributed by atoms with Gasteiger partial charge in [-0.15, -0.1) is 0 Å². The second-order valence-corrected chi connectivity index (χ2v) is 7.63. The van der Waals surface area contributed by atoms with Crippen LogP contribution in [-0.2, 0) is 22.6 Å². The van der Waals surface area contributed by atoms with Crippen LogP contribution in [0.5, 0.6) is 0 Å². The summed E-state index contributed by atoms with van der Waals surface area (Å²) < 4.78 is 0. The Hall–Kier alpha value is -1.46. The Morgan fingerprint density at radius 1 is 1.00 bits per heavy atom. The van der Waals surface area contributed by atoms with Gasteiger partial charge >= 0.3 is 0 Å². The van der Waals surface area contributed by atoms with Crippen molar-refractivity contribution < 1.29 is 9.59 Å². The molecule has 144 valence electrons. The lowest BCUT2D eigenvalue weighted by atomic mass is 10.1. The van der Waals surface area contributed by atoms with Gasteiger partial charge in [0.2, 0.25) is 11.8 Å². The number of carbonyl (C=O) groups is 2. The zero-order valence-corrected chi connectivity index (χ0v) is 17.8. The lowest BCUT2D eigenvalue weighted by molar-refractivity contribution is -0.139. The van der Waals surface area contributed by atoms with Gasteiger partial charge in [-0.2, -0.15) is 0 Å². The minimum atomic E-state index is -0.683. The molecule has 0 aromatic heterocycles. The maximum Gasteiger partial charge on any atom is 0.242 e. The molecule has 4 nitrogen and oxygen atoms in total. The molecule has 2 aromatic rings. The van der Waals surface area contributed by atoms with Gasteiger partial charge in [0.1, 0.15) is 6.04 Å². The highest BCUT2D eigenvalue weighted by atomic mass is 35.5. The molecule has 0 radical (unpaired) electrons. The number of amides is 2. The van der Waals surface area contributed by atoms with Crippen molar-refractivity contribution in [2.24, 2.45) is 0 Å². The maximum absolute atomic E-state index is 13.0. The van der Waals surface area contributed by atoms with Gasteiger partial charge in [-0.1, -0.05) is 58.5 Å². The van der Waals surface area contributed by atoms with Gasteiger partial charge in [0, 0.05) is 23.6 Å². The molecule has 0 saturated carbocycles. The lowest BCUT2D eigenvalue weighted by Crippen LogP contribution is -2.47. The molecule has 2 aromatic carbocycles. The highest BCUT2D eigenvalue weighted by molar-refractivity contribution is 6.42. The first-order valence-electron chi connectivity index (χ1n) is 8.11. The number of carbonyl (C=O) groups excluding carboxylic acids is 2. The molecule has 0 bridgehead atoms. The molecular formula is C19H18Cl4N2O2. The molecule has 1 N–H and O–H groups in total. The largest absolute Gasteiger partial charge is 0.357 e. The fourth-order valence-electron chi connectivity index (χ4n) is 2.55. The predicted octanol–water partition coefficient (Wildman–Crippen LogP) is 5.01. The van der Waals surface area contributed by atoms with E-state index in [-0.39, 0.29) is 24.8 Å². The zero-order valence-electron chi connectivity index (χ0n) is 14.7. The molecule has 0 aliphatic heterocycles. The van der Waals surface area contributed by atoms with E-state index in [1.807, 2.05) is 0 Å². The third-order valence-corrected chi connectivity index (χ3v) is 5.43. The monoisotopic (exact) mass is 446 g/mol. The molecule has 0 aliphatic rings. The molecule has 0 saturated heterocycles. The van der Waals surface area contributed by atoms with Crippen molar-refractivity contribution in [3.05, 3.63) is 67.6 Å². The first kappa shape index (κ1) is 21.8. The summed E-state index contributed by atoms with van der Waals surface area (Å²) in [5, 5.41) is 4.27. The Morgan fingerprint density at radius 3 is 2.30 bits per heavy atom. The molecule has 0 spiro atoms. The van der Waals surface area contributed by atoms with E-state index in [1.165, 1.54) is 11.9 Å². The highest BCUT2D eigenvalue weighted by Crippen LogP contribution is 2.25. The Labute approximate surface area is 178 Å². The SMILES string of the molecule is CNC(=O)[C@@H](C)N(Cc1ccc(Cl)cc1Cl)C(=O)Cc1ccc(Cl)c(Cl)c1. The van der Waals surface area contributed by atoms with E-state index < -0.39 is 6.04 Å². The van der Waals surface area contributed by atoms with Crippen LogP contribution >= 0.6 is 46.4 Å². The summed E-state index contributed by atoms with van der Waals surface area (Å²) in [5.74, 6) is -0.516. The molecule has 8 heteroatoms. The number of hydrogen-bond donors (Lipinski definition) is 1. The third kappa shape index (κ3) is 5.76. The minimum absolute atomic E-state index is 0.0728. The number of nitrogens with zero attached hydrogens (tertiary/aromatic N) is 1. The molecule has 0 fully saturated rings. The molecular weight excluding hydrogens is 430 g/mol. The molecule has 27 heavy (non-hydrogen) atoms. The normalized spacial score (nSPS) is 11.8. The van der Waals surface area contributed by atoms with Crippen LogP contribution in [0.15, 0.2) is 36.4 Å². The predicted molar refractivity (Wildman–Crippen MR) is 111 cm³/mol. The van der Waals surface area contributed by atoms with E-state index in [4.69, 9.17) is 46.4 Å². The van der Waals surface area contributed by atoms with E-state index in [9.17, 15) is 9.59 Å². The summed E-state index contributed by atoms with van der Waals surface area (Å²) >= 11 is 24.1. The van der Waals surface area contributed by atoms with Gasteiger partial charge < -0.3 is 10.2 Å². The second kappa shape index (κ2) is 9.65. The van der Waals surface area contributed by atoms with Gasteiger partial charge in [0.05, 0.1) is 16.5 Å². The molecule has 2 rings (SSSR count). The molecule has 0 heterocycles. The van der Waals surface area contributed by atoms with Gasteiger partial charge in [-0.05, 0) is 42.3 Å². The average Bonchev–Trinajstić information content (AvgIpc) is 2.62. The summed E-state index contributed by atoms with van der Waals surface area (Å²) in [4.78, 5) is 26.6. The van der Waals surface area contributed by atoms with Gasteiger partial charge in [-0.3, -0.25) is 9.59 Å². The standard InChI is InChI=1S/C19H18Cl4N2O2/c1-11(19(27)24-2)25(10-13-4-5-14(20)9-16(13)22)18(26)8-12-3-6-15(21)17(23)7-12/h3-7,9,11H,8,10H2,1-2H3,(H,24,27)/t11-/m1/s1. The molecule has 1 atom stereocenters. The highest BCUT2D eigenvalue weighted by Gasteiger charge is 2.26. The van der Waals surface area contributed by atoms with E-state index in [2.05, 4.69) is 5.32 Å². The summed E-state index contributed by atoms with van der Waals surface area (Å²) in [5.41, 5.74) is 1.39. The van der Waals surface area contributed by atoms with E-state index in [1.54, 1.807) is 43.3 Å². The molecule has 0 aliphatic carbocycles.